The maximum Gasteiger partial charge on any atom is 0.224 e. The lowest BCUT2D eigenvalue weighted by Gasteiger charge is -2.19. The van der Waals surface area contributed by atoms with Crippen LogP contribution in [0.15, 0.2) is 48.5 Å². The van der Waals surface area contributed by atoms with Crippen molar-refractivity contribution < 1.29 is 9.18 Å². The van der Waals surface area contributed by atoms with Gasteiger partial charge in [0.15, 0.2) is 0 Å². The maximum absolute atomic E-state index is 12.9. The summed E-state index contributed by atoms with van der Waals surface area (Å²) in [5, 5.41) is 3.05. The minimum Gasteiger partial charge on any atom is -0.349 e. The van der Waals surface area contributed by atoms with Gasteiger partial charge in [0.2, 0.25) is 5.91 Å². The molecule has 2 nitrogen and oxygen atoms in total. The molecule has 2 rings (SSSR count). The molecule has 21 heavy (non-hydrogen) atoms. The van der Waals surface area contributed by atoms with E-state index in [4.69, 9.17) is 0 Å². The van der Waals surface area contributed by atoms with E-state index in [1.807, 2.05) is 31.2 Å². The first-order chi connectivity index (χ1) is 10.1. The summed E-state index contributed by atoms with van der Waals surface area (Å²) in [5.41, 5.74) is 3.13. The third-order valence-electron chi connectivity index (χ3n) is 3.59. The number of benzene rings is 2. The largest absolute Gasteiger partial charge is 0.349 e. The van der Waals surface area contributed by atoms with Gasteiger partial charge in [-0.25, -0.2) is 4.39 Å². The lowest BCUT2D eigenvalue weighted by molar-refractivity contribution is -0.121. The van der Waals surface area contributed by atoms with Gasteiger partial charge in [0, 0.05) is 0 Å². The predicted octanol–water partition coefficient (Wildman–Crippen LogP) is 3.94. The van der Waals surface area contributed by atoms with Crippen LogP contribution in [-0.2, 0) is 11.2 Å². The van der Waals surface area contributed by atoms with Crippen molar-refractivity contribution in [2.75, 3.05) is 0 Å². The molecule has 0 aliphatic carbocycles. The van der Waals surface area contributed by atoms with E-state index in [-0.39, 0.29) is 24.2 Å². The number of amides is 1. The van der Waals surface area contributed by atoms with Crippen molar-refractivity contribution in [1.29, 1.82) is 0 Å². The fourth-order valence-corrected chi connectivity index (χ4v) is 2.41. The number of hydrogen-bond donors (Lipinski definition) is 1. The fourth-order valence-electron chi connectivity index (χ4n) is 2.41. The summed E-state index contributed by atoms with van der Waals surface area (Å²) in [5.74, 6) is -0.331. The second-order valence-electron chi connectivity index (χ2n) is 5.19. The molecule has 0 saturated heterocycles. The summed E-state index contributed by atoms with van der Waals surface area (Å²) in [6.07, 6.45) is 1.10. The van der Waals surface area contributed by atoms with E-state index < -0.39 is 0 Å². The van der Waals surface area contributed by atoms with Crippen LogP contribution in [0, 0.1) is 12.7 Å². The number of halogens is 1. The third kappa shape index (κ3) is 4.15. The van der Waals surface area contributed by atoms with E-state index in [1.165, 1.54) is 17.7 Å². The number of hydrogen-bond acceptors (Lipinski definition) is 1. The van der Waals surface area contributed by atoms with Crippen LogP contribution in [0.5, 0.6) is 0 Å². The average Bonchev–Trinajstić information content (AvgIpc) is 2.48. The van der Waals surface area contributed by atoms with Gasteiger partial charge in [-0.2, -0.15) is 0 Å². The molecule has 2 aromatic rings. The van der Waals surface area contributed by atoms with Crippen molar-refractivity contribution in [3.63, 3.8) is 0 Å². The summed E-state index contributed by atoms with van der Waals surface area (Å²) in [6.45, 7) is 4.10. The molecule has 2 aromatic carbocycles. The highest BCUT2D eigenvalue weighted by Gasteiger charge is 2.14. The molecule has 0 heterocycles. The molecule has 0 aliphatic rings. The van der Waals surface area contributed by atoms with Crippen molar-refractivity contribution in [3.05, 3.63) is 71.0 Å². The van der Waals surface area contributed by atoms with Crippen LogP contribution in [0.4, 0.5) is 4.39 Å². The zero-order valence-electron chi connectivity index (χ0n) is 12.4. The van der Waals surface area contributed by atoms with Gasteiger partial charge < -0.3 is 5.32 Å². The first-order valence-corrected chi connectivity index (χ1v) is 7.19. The molecule has 0 fully saturated rings. The Balaban J connectivity index is 2.03. The summed E-state index contributed by atoms with van der Waals surface area (Å²) >= 11 is 0. The van der Waals surface area contributed by atoms with Crippen molar-refractivity contribution >= 4 is 5.91 Å². The highest BCUT2D eigenvalue weighted by molar-refractivity contribution is 5.79. The highest BCUT2D eigenvalue weighted by Crippen LogP contribution is 2.20. The molecule has 0 aromatic heterocycles. The van der Waals surface area contributed by atoms with Crippen LogP contribution in [0.1, 0.15) is 36.1 Å². The Hall–Kier alpha value is -2.16. The van der Waals surface area contributed by atoms with Gasteiger partial charge in [0.25, 0.3) is 0 Å². The maximum atomic E-state index is 12.9. The summed E-state index contributed by atoms with van der Waals surface area (Å²) in [7, 11) is 0. The molecule has 0 aliphatic heterocycles. The minimum absolute atomic E-state index is 0.0131. The quantitative estimate of drug-likeness (QED) is 0.885. The topological polar surface area (TPSA) is 29.1 Å². The van der Waals surface area contributed by atoms with Crippen molar-refractivity contribution in [1.82, 2.24) is 5.32 Å². The minimum atomic E-state index is -0.287. The Morgan fingerprint density at radius 3 is 2.43 bits per heavy atom. The Bertz CT molecular complexity index is 607. The second-order valence-corrected chi connectivity index (χ2v) is 5.19. The molecule has 3 heteroatoms. The van der Waals surface area contributed by atoms with Crippen LogP contribution in [0.25, 0.3) is 0 Å². The molecule has 0 bridgehead atoms. The molecular formula is C18H20FNO. The number of aryl methyl sites for hydroxylation is 1. The van der Waals surface area contributed by atoms with E-state index in [2.05, 4.69) is 12.2 Å². The summed E-state index contributed by atoms with van der Waals surface area (Å²) in [4.78, 5) is 12.1. The van der Waals surface area contributed by atoms with Gasteiger partial charge in [-0.3, -0.25) is 4.79 Å². The molecule has 110 valence electrons. The van der Waals surface area contributed by atoms with Gasteiger partial charge in [-0.05, 0) is 42.2 Å². The fraction of sp³-hybridized carbons (Fsp3) is 0.278. The highest BCUT2D eigenvalue weighted by atomic mass is 19.1. The van der Waals surface area contributed by atoms with Crippen LogP contribution < -0.4 is 5.32 Å². The number of carbonyl (C=O) groups excluding carboxylic acids is 1. The molecule has 0 unspecified atom stereocenters. The SMILES string of the molecule is CC[C@@H](NC(=O)Cc1ccc(F)cc1)c1ccccc1C. The van der Waals surface area contributed by atoms with E-state index in [1.54, 1.807) is 12.1 Å². The zero-order valence-corrected chi connectivity index (χ0v) is 12.4. The van der Waals surface area contributed by atoms with Gasteiger partial charge in [-0.1, -0.05) is 43.3 Å². The van der Waals surface area contributed by atoms with Crippen molar-refractivity contribution in [3.8, 4) is 0 Å². The number of nitrogens with one attached hydrogen (secondary N) is 1. The van der Waals surface area contributed by atoms with Gasteiger partial charge in [0.1, 0.15) is 5.82 Å². The Kier molecular flexibility index (Phi) is 5.09. The van der Waals surface area contributed by atoms with Gasteiger partial charge in [0.05, 0.1) is 12.5 Å². The van der Waals surface area contributed by atoms with Gasteiger partial charge >= 0.3 is 0 Å². The first-order valence-electron chi connectivity index (χ1n) is 7.19. The van der Waals surface area contributed by atoms with Crippen LogP contribution in [0.3, 0.4) is 0 Å². The van der Waals surface area contributed by atoms with Crippen LogP contribution >= 0.6 is 0 Å². The molecular weight excluding hydrogens is 265 g/mol. The molecule has 1 amide bonds. The molecule has 0 saturated carbocycles. The van der Waals surface area contributed by atoms with Crippen LogP contribution in [-0.4, -0.2) is 5.91 Å². The standard InChI is InChI=1S/C18H20FNO/c1-3-17(16-7-5-4-6-13(16)2)20-18(21)12-14-8-10-15(19)11-9-14/h4-11,17H,3,12H2,1-2H3,(H,20,21)/t17-/m1/s1. The van der Waals surface area contributed by atoms with Crippen LogP contribution in [0.2, 0.25) is 0 Å². The van der Waals surface area contributed by atoms with Crippen molar-refractivity contribution in [2.24, 2.45) is 0 Å². The molecule has 1 atom stereocenters. The second kappa shape index (κ2) is 7.02. The van der Waals surface area contributed by atoms with E-state index >= 15 is 0 Å². The Morgan fingerprint density at radius 2 is 1.81 bits per heavy atom. The molecule has 1 N–H and O–H groups in total. The van der Waals surface area contributed by atoms with Crippen molar-refractivity contribution in [2.45, 2.75) is 32.7 Å². The number of carbonyl (C=O) groups is 1. The number of rotatable bonds is 5. The monoisotopic (exact) mass is 285 g/mol. The third-order valence-corrected chi connectivity index (χ3v) is 3.59. The lowest BCUT2D eigenvalue weighted by atomic mass is 9.99. The average molecular weight is 285 g/mol. The Labute approximate surface area is 125 Å². The normalized spacial score (nSPS) is 12.0. The first kappa shape index (κ1) is 15.2. The van der Waals surface area contributed by atoms with Gasteiger partial charge in [-0.15, -0.1) is 0 Å². The van der Waals surface area contributed by atoms with E-state index in [9.17, 15) is 9.18 Å². The molecule has 0 radical (unpaired) electrons. The van der Waals surface area contributed by atoms with E-state index in [0.29, 0.717) is 0 Å². The predicted molar refractivity (Wildman–Crippen MR) is 82.5 cm³/mol. The Morgan fingerprint density at radius 1 is 1.14 bits per heavy atom. The summed E-state index contributed by atoms with van der Waals surface area (Å²) in [6, 6.07) is 14.1. The zero-order chi connectivity index (χ0) is 15.2. The smallest absolute Gasteiger partial charge is 0.224 e. The summed E-state index contributed by atoms with van der Waals surface area (Å²) < 4.78 is 12.9. The molecule has 0 spiro atoms. The van der Waals surface area contributed by atoms with E-state index in [0.717, 1.165) is 17.5 Å². The lowest BCUT2D eigenvalue weighted by Crippen LogP contribution is -2.29.